The normalized spacial score (nSPS) is 15.5. The van der Waals surface area contributed by atoms with Crippen LogP contribution in [-0.2, 0) is 0 Å². The lowest BCUT2D eigenvalue weighted by Crippen LogP contribution is -2.39. The smallest absolute Gasteiger partial charge is 0.274 e. The van der Waals surface area contributed by atoms with E-state index in [4.69, 9.17) is 11.6 Å². The summed E-state index contributed by atoms with van der Waals surface area (Å²) in [6, 6.07) is 3.83. The van der Waals surface area contributed by atoms with Gasteiger partial charge in [-0.05, 0) is 31.9 Å². The van der Waals surface area contributed by atoms with Gasteiger partial charge in [-0.15, -0.1) is 0 Å². The molecule has 0 saturated heterocycles. The van der Waals surface area contributed by atoms with Crippen LogP contribution in [0, 0.1) is 0 Å². The predicted molar refractivity (Wildman–Crippen MR) is 77.8 cm³/mol. The van der Waals surface area contributed by atoms with E-state index in [0.717, 1.165) is 12.8 Å². The number of aromatic nitrogens is 1. The SMILES string of the molecule is CCN(C(=O)c1nc(NC)ccc1Cl)C1CCCC1. The monoisotopic (exact) mass is 281 g/mol. The minimum atomic E-state index is -0.0588. The Hall–Kier alpha value is -1.29. The Morgan fingerprint density at radius 2 is 2.16 bits per heavy atom. The van der Waals surface area contributed by atoms with Crippen molar-refractivity contribution in [2.45, 2.75) is 38.6 Å². The first kappa shape index (κ1) is 14.1. The van der Waals surface area contributed by atoms with Gasteiger partial charge in [-0.25, -0.2) is 4.98 Å². The predicted octanol–water partition coefficient (Wildman–Crippen LogP) is 3.18. The first-order chi connectivity index (χ1) is 9.17. The Kier molecular flexibility index (Phi) is 4.64. The molecular weight excluding hydrogens is 262 g/mol. The quantitative estimate of drug-likeness (QED) is 0.922. The molecule has 19 heavy (non-hydrogen) atoms. The first-order valence-electron chi connectivity index (χ1n) is 6.82. The zero-order chi connectivity index (χ0) is 13.8. The van der Waals surface area contributed by atoms with Gasteiger partial charge in [0.25, 0.3) is 5.91 Å². The number of nitrogens with zero attached hydrogens (tertiary/aromatic N) is 2. The molecule has 0 aliphatic heterocycles. The molecule has 1 aromatic rings. The van der Waals surface area contributed by atoms with Gasteiger partial charge in [-0.1, -0.05) is 24.4 Å². The van der Waals surface area contributed by atoms with Crippen molar-refractivity contribution in [1.29, 1.82) is 0 Å². The van der Waals surface area contributed by atoms with Gasteiger partial charge in [0.2, 0.25) is 0 Å². The highest BCUT2D eigenvalue weighted by molar-refractivity contribution is 6.33. The molecule has 0 aromatic carbocycles. The lowest BCUT2D eigenvalue weighted by molar-refractivity contribution is 0.0688. The van der Waals surface area contributed by atoms with E-state index in [9.17, 15) is 4.79 Å². The number of pyridine rings is 1. The van der Waals surface area contributed by atoms with Gasteiger partial charge in [0, 0.05) is 19.6 Å². The maximum Gasteiger partial charge on any atom is 0.274 e. The first-order valence-corrected chi connectivity index (χ1v) is 7.20. The zero-order valence-electron chi connectivity index (χ0n) is 11.4. The molecule has 0 spiro atoms. The molecule has 1 aliphatic rings. The van der Waals surface area contributed by atoms with Crippen molar-refractivity contribution < 1.29 is 4.79 Å². The third kappa shape index (κ3) is 3.00. The second kappa shape index (κ2) is 6.24. The molecule has 1 saturated carbocycles. The van der Waals surface area contributed by atoms with Crippen molar-refractivity contribution in [2.24, 2.45) is 0 Å². The van der Waals surface area contributed by atoms with Crippen molar-refractivity contribution in [3.05, 3.63) is 22.8 Å². The van der Waals surface area contributed by atoms with Crippen LogP contribution < -0.4 is 5.32 Å². The summed E-state index contributed by atoms with van der Waals surface area (Å²) in [7, 11) is 1.78. The summed E-state index contributed by atoms with van der Waals surface area (Å²) in [5.74, 6) is 0.603. The number of carbonyl (C=O) groups is 1. The second-order valence-corrected chi connectivity index (χ2v) is 5.21. The van der Waals surface area contributed by atoms with Gasteiger partial charge >= 0.3 is 0 Å². The van der Waals surface area contributed by atoms with Crippen molar-refractivity contribution in [1.82, 2.24) is 9.88 Å². The molecule has 4 nitrogen and oxygen atoms in total. The van der Waals surface area contributed by atoms with Crippen LogP contribution in [-0.4, -0.2) is 35.4 Å². The fourth-order valence-electron chi connectivity index (χ4n) is 2.65. The summed E-state index contributed by atoms with van der Waals surface area (Å²) in [5, 5.41) is 3.35. The van der Waals surface area contributed by atoms with Crippen LogP contribution in [0.1, 0.15) is 43.1 Å². The van der Waals surface area contributed by atoms with E-state index in [1.54, 1.807) is 19.2 Å². The average molecular weight is 282 g/mol. The van der Waals surface area contributed by atoms with E-state index in [1.807, 2.05) is 11.8 Å². The molecule has 0 atom stereocenters. The lowest BCUT2D eigenvalue weighted by atomic mass is 10.2. The number of hydrogen-bond acceptors (Lipinski definition) is 3. The molecule has 2 rings (SSSR count). The summed E-state index contributed by atoms with van der Waals surface area (Å²) >= 11 is 6.12. The average Bonchev–Trinajstić information content (AvgIpc) is 2.94. The number of carbonyl (C=O) groups excluding carboxylic acids is 1. The van der Waals surface area contributed by atoms with Crippen LogP contribution in [0.2, 0.25) is 5.02 Å². The second-order valence-electron chi connectivity index (χ2n) is 4.81. The van der Waals surface area contributed by atoms with Crippen molar-refractivity contribution >= 4 is 23.3 Å². The maximum absolute atomic E-state index is 12.6. The molecule has 0 bridgehead atoms. The van der Waals surface area contributed by atoms with Crippen LogP contribution >= 0.6 is 11.6 Å². The fraction of sp³-hybridized carbons (Fsp3) is 0.571. The van der Waals surface area contributed by atoms with Crippen LogP contribution in [0.5, 0.6) is 0 Å². The fourth-order valence-corrected chi connectivity index (χ4v) is 2.84. The van der Waals surface area contributed by atoms with Gasteiger partial charge in [0.1, 0.15) is 11.5 Å². The minimum Gasteiger partial charge on any atom is -0.373 e. The van der Waals surface area contributed by atoms with E-state index in [-0.39, 0.29) is 5.91 Å². The van der Waals surface area contributed by atoms with Crippen LogP contribution in [0.25, 0.3) is 0 Å². The summed E-state index contributed by atoms with van der Waals surface area (Å²) in [6.07, 6.45) is 4.57. The number of nitrogens with one attached hydrogen (secondary N) is 1. The summed E-state index contributed by atoms with van der Waals surface area (Å²) < 4.78 is 0. The van der Waals surface area contributed by atoms with Gasteiger partial charge in [0.15, 0.2) is 0 Å². The number of hydrogen-bond donors (Lipinski definition) is 1. The number of anilines is 1. The molecular formula is C14H20ClN3O. The van der Waals surface area contributed by atoms with Gasteiger partial charge in [-0.2, -0.15) is 0 Å². The molecule has 1 fully saturated rings. The summed E-state index contributed by atoms with van der Waals surface area (Å²) in [4.78, 5) is 18.8. The highest BCUT2D eigenvalue weighted by Crippen LogP contribution is 2.26. The Morgan fingerprint density at radius 3 is 2.74 bits per heavy atom. The Balaban J connectivity index is 2.25. The third-order valence-corrected chi connectivity index (χ3v) is 3.98. The van der Waals surface area contributed by atoms with E-state index >= 15 is 0 Å². The van der Waals surface area contributed by atoms with Crippen molar-refractivity contribution in [3.63, 3.8) is 0 Å². The van der Waals surface area contributed by atoms with Crippen LogP contribution in [0.3, 0.4) is 0 Å². The van der Waals surface area contributed by atoms with Gasteiger partial charge < -0.3 is 10.2 Å². The summed E-state index contributed by atoms with van der Waals surface area (Å²) in [5.41, 5.74) is 0.349. The minimum absolute atomic E-state index is 0.0588. The molecule has 0 radical (unpaired) electrons. The van der Waals surface area contributed by atoms with Gasteiger partial charge in [0.05, 0.1) is 5.02 Å². The van der Waals surface area contributed by atoms with E-state index in [1.165, 1.54) is 12.8 Å². The largest absolute Gasteiger partial charge is 0.373 e. The van der Waals surface area contributed by atoms with Gasteiger partial charge in [-0.3, -0.25) is 4.79 Å². The highest BCUT2D eigenvalue weighted by atomic mass is 35.5. The molecule has 5 heteroatoms. The van der Waals surface area contributed by atoms with E-state index < -0.39 is 0 Å². The van der Waals surface area contributed by atoms with Crippen molar-refractivity contribution in [3.8, 4) is 0 Å². The highest BCUT2D eigenvalue weighted by Gasteiger charge is 2.28. The van der Waals surface area contributed by atoms with E-state index in [0.29, 0.717) is 29.1 Å². The maximum atomic E-state index is 12.6. The Bertz CT molecular complexity index is 458. The Labute approximate surface area is 119 Å². The molecule has 1 aliphatic carbocycles. The Morgan fingerprint density at radius 1 is 1.47 bits per heavy atom. The zero-order valence-corrected chi connectivity index (χ0v) is 12.2. The topological polar surface area (TPSA) is 45.2 Å². The number of amides is 1. The van der Waals surface area contributed by atoms with Crippen LogP contribution in [0.4, 0.5) is 5.82 Å². The summed E-state index contributed by atoms with van der Waals surface area (Å²) in [6.45, 7) is 2.71. The molecule has 0 unspecified atom stereocenters. The molecule has 104 valence electrons. The van der Waals surface area contributed by atoms with Crippen molar-refractivity contribution in [2.75, 3.05) is 18.9 Å². The standard InChI is InChI=1S/C14H20ClN3O/c1-3-18(10-6-4-5-7-10)14(19)13-11(15)8-9-12(16-2)17-13/h8-10H,3-7H2,1-2H3,(H,16,17). The molecule has 1 N–H and O–H groups in total. The molecule has 1 aromatic heterocycles. The molecule has 1 heterocycles. The van der Waals surface area contributed by atoms with Crippen LogP contribution in [0.15, 0.2) is 12.1 Å². The number of halogens is 1. The third-order valence-electron chi connectivity index (χ3n) is 3.67. The number of rotatable bonds is 4. The molecule has 1 amide bonds. The lowest BCUT2D eigenvalue weighted by Gasteiger charge is -2.27. The van der Waals surface area contributed by atoms with E-state index in [2.05, 4.69) is 10.3 Å².